The quantitative estimate of drug-likeness (QED) is 0.606. The fraction of sp³-hybridized carbons (Fsp3) is 0.167. The smallest absolute Gasteiger partial charge is 0.339 e. The van der Waals surface area contributed by atoms with Crippen molar-refractivity contribution in [1.29, 1.82) is 0 Å². The summed E-state index contributed by atoms with van der Waals surface area (Å²) in [6, 6.07) is 4.37. The number of carbonyl (C=O) groups excluding carboxylic acids is 2. The third-order valence-electron chi connectivity index (χ3n) is 2.16. The first-order chi connectivity index (χ1) is 9.42. The van der Waals surface area contributed by atoms with Crippen molar-refractivity contribution in [1.82, 2.24) is 10.0 Å². The van der Waals surface area contributed by atoms with E-state index in [9.17, 15) is 18.0 Å². The molecule has 0 aliphatic carbocycles. The van der Waals surface area contributed by atoms with Crippen LogP contribution in [0.4, 0.5) is 4.79 Å². The maximum absolute atomic E-state index is 12.0. The molecule has 0 bridgehead atoms. The molecular formula is C12H12N2O5S. The second-order valence-electron chi connectivity index (χ2n) is 3.48. The summed E-state index contributed by atoms with van der Waals surface area (Å²) in [5.41, 5.74) is -0.174. The maximum atomic E-state index is 12.0. The zero-order valence-corrected chi connectivity index (χ0v) is 11.4. The number of sulfonamides is 1. The Morgan fingerprint density at radius 1 is 1.35 bits per heavy atom. The predicted molar refractivity (Wildman–Crippen MR) is 70.3 cm³/mol. The normalized spacial score (nSPS) is 10.2. The SMILES string of the molecule is C#CCNC(=O)NS(=O)(=O)c1ccccc1C(=O)OC. The highest BCUT2D eigenvalue weighted by molar-refractivity contribution is 7.90. The number of benzene rings is 1. The number of hydrogen-bond donors (Lipinski definition) is 2. The third kappa shape index (κ3) is 3.73. The minimum absolute atomic E-state index is 0.125. The number of nitrogens with one attached hydrogen (secondary N) is 2. The second kappa shape index (κ2) is 6.58. The van der Waals surface area contributed by atoms with Crippen molar-refractivity contribution < 1.29 is 22.7 Å². The van der Waals surface area contributed by atoms with Crippen LogP contribution in [0.2, 0.25) is 0 Å². The van der Waals surface area contributed by atoms with E-state index in [1.807, 2.05) is 0 Å². The van der Waals surface area contributed by atoms with Gasteiger partial charge in [-0.1, -0.05) is 18.1 Å². The number of carbonyl (C=O) groups is 2. The summed E-state index contributed by atoms with van der Waals surface area (Å²) in [5.74, 6) is 1.30. The lowest BCUT2D eigenvalue weighted by Gasteiger charge is -2.10. The van der Waals surface area contributed by atoms with Gasteiger partial charge in [-0.25, -0.2) is 22.7 Å². The number of esters is 1. The number of rotatable bonds is 4. The molecule has 0 saturated heterocycles. The Balaban J connectivity index is 3.08. The predicted octanol–water partition coefficient (Wildman–Crippen LogP) is 0.0943. The molecule has 1 rings (SSSR count). The van der Waals surface area contributed by atoms with E-state index >= 15 is 0 Å². The molecule has 2 amide bonds. The van der Waals surface area contributed by atoms with E-state index in [2.05, 4.69) is 16.0 Å². The standard InChI is InChI=1S/C12H12N2O5S/c1-3-8-13-12(16)14-20(17,18)10-7-5-4-6-9(10)11(15)19-2/h1,4-7H,8H2,2H3,(H2,13,14,16). The summed E-state index contributed by atoms with van der Waals surface area (Å²) in [5, 5.41) is 2.14. The zero-order valence-electron chi connectivity index (χ0n) is 10.5. The number of ether oxygens (including phenoxy) is 1. The van der Waals surface area contributed by atoms with E-state index < -0.39 is 22.0 Å². The zero-order chi connectivity index (χ0) is 15.2. The van der Waals surface area contributed by atoms with Crippen molar-refractivity contribution in [2.24, 2.45) is 0 Å². The highest BCUT2D eigenvalue weighted by atomic mass is 32.2. The molecule has 0 spiro atoms. The van der Waals surface area contributed by atoms with Crippen LogP contribution in [0.5, 0.6) is 0 Å². The van der Waals surface area contributed by atoms with Gasteiger partial charge in [0.05, 0.1) is 19.2 Å². The molecule has 2 N–H and O–H groups in total. The van der Waals surface area contributed by atoms with E-state index in [0.717, 1.165) is 7.11 Å². The number of terminal acetylenes is 1. The fourth-order valence-corrected chi connectivity index (χ4v) is 2.45. The lowest BCUT2D eigenvalue weighted by Crippen LogP contribution is -2.40. The molecule has 0 unspecified atom stereocenters. The van der Waals surface area contributed by atoms with Gasteiger partial charge in [-0.15, -0.1) is 6.42 Å². The van der Waals surface area contributed by atoms with Crippen LogP contribution in [0.15, 0.2) is 29.2 Å². The lowest BCUT2D eigenvalue weighted by atomic mass is 10.2. The Morgan fingerprint density at radius 2 is 2.00 bits per heavy atom. The molecular weight excluding hydrogens is 284 g/mol. The summed E-state index contributed by atoms with van der Waals surface area (Å²) in [7, 11) is -3.08. The number of urea groups is 1. The first kappa shape index (κ1) is 15.5. The molecule has 0 atom stereocenters. The molecule has 0 fully saturated rings. The second-order valence-corrected chi connectivity index (χ2v) is 5.13. The van der Waals surface area contributed by atoms with Crippen LogP contribution in [-0.2, 0) is 14.8 Å². The number of methoxy groups -OCH3 is 1. The minimum Gasteiger partial charge on any atom is -0.465 e. The molecule has 0 aliphatic heterocycles. The molecule has 0 aliphatic rings. The van der Waals surface area contributed by atoms with Gasteiger partial charge in [0.1, 0.15) is 4.90 Å². The summed E-state index contributed by atoms with van der Waals surface area (Å²) in [6.45, 7) is -0.125. The molecule has 0 saturated carbocycles. The van der Waals surface area contributed by atoms with Gasteiger partial charge in [0, 0.05) is 0 Å². The topological polar surface area (TPSA) is 102 Å². The van der Waals surface area contributed by atoms with Crippen molar-refractivity contribution in [2.45, 2.75) is 4.90 Å². The monoisotopic (exact) mass is 296 g/mol. The molecule has 8 heteroatoms. The average molecular weight is 296 g/mol. The highest BCUT2D eigenvalue weighted by Gasteiger charge is 2.24. The molecule has 106 valence electrons. The lowest BCUT2D eigenvalue weighted by molar-refractivity contribution is 0.0596. The largest absolute Gasteiger partial charge is 0.465 e. The Kier molecular flexibility index (Phi) is 5.11. The first-order valence-corrected chi connectivity index (χ1v) is 6.82. The van der Waals surface area contributed by atoms with Crippen molar-refractivity contribution in [2.75, 3.05) is 13.7 Å². The average Bonchev–Trinajstić information content (AvgIpc) is 2.43. The Hall–Kier alpha value is -2.53. The molecule has 0 heterocycles. The maximum Gasteiger partial charge on any atom is 0.339 e. The molecule has 0 radical (unpaired) electrons. The van der Waals surface area contributed by atoms with Gasteiger partial charge in [-0.05, 0) is 12.1 Å². The molecule has 1 aromatic carbocycles. The summed E-state index contributed by atoms with van der Waals surface area (Å²) < 4.78 is 30.3. The Bertz CT molecular complexity index is 661. The molecule has 1 aromatic rings. The van der Waals surface area contributed by atoms with E-state index in [0.29, 0.717) is 0 Å². The first-order valence-electron chi connectivity index (χ1n) is 5.34. The van der Waals surface area contributed by atoms with Crippen molar-refractivity contribution in [3.63, 3.8) is 0 Å². The molecule has 20 heavy (non-hydrogen) atoms. The number of hydrogen-bond acceptors (Lipinski definition) is 5. The van der Waals surface area contributed by atoms with Crippen LogP contribution < -0.4 is 10.0 Å². The van der Waals surface area contributed by atoms with Crippen molar-refractivity contribution >= 4 is 22.0 Å². The van der Waals surface area contributed by atoms with Gasteiger partial charge in [-0.2, -0.15) is 0 Å². The van der Waals surface area contributed by atoms with E-state index in [1.165, 1.54) is 24.3 Å². The van der Waals surface area contributed by atoms with Crippen LogP contribution >= 0.6 is 0 Å². The van der Waals surface area contributed by atoms with Crippen LogP contribution in [0.1, 0.15) is 10.4 Å². The van der Waals surface area contributed by atoms with Crippen LogP contribution in [0.25, 0.3) is 0 Å². The van der Waals surface area contributed by atoms with Gasteiger partial charge < -0.3 is 10.1 Å². The summed E-state index contributed by atoms with van der Waals surface area (Å²) in [4.78, 5) is 22.5. The van der Waals surface area contributed by atoms with Crippen molar-refractivity contribution in [3.05, 3.63) is 29.8 Å². The van der Waals surface area contributed by atoms with Crippen LogP contribution in [-0.4, -0.2) is 34.1 Å². The highest BCUT2D eigenvalue weighted by Crippen LogP contribution is 2.16. The fourth-order valence-electron chi connectivity index (χ4n) is 1.32. The van der Waals surface area contributed by atoms with Gasteiger partial charge in [0.25, 0.3) is 10.0 Å². The van der Waals surface area contributed by atoms with E-state index in [-0.39, 0.29) is 17.0 Å². The van der Waals surface area contributed by atoms with E-state index in [1.54, 1.807) is 4.72 Å². The Morgan fingerprint density at radius 3 is 2.60 bits per heavy atom. The van der Waals surface area contributed by atoms with Gasteiger partial charge in [0.2, 0.25) is 0 Å². The minimum atomic E-state index is -4.21. The van der Waals surface area contributed by atoms with Gasteiger partial charge >= 0.3 is 12.0 Å². The van der Waals surface area contributed by atoms with Gasteiger partial charge in [0.15, 0.2) is 0 Å². The third-order valence-corrected chi connectivity index (χ3v) is 3.55. The number of amides is 2. The molecule has 0 aromatic heterocycles. The summed E-state index contributed by atoms with van der Waals surface area (Å²) >= 11 is 0. The summed E-state index contributed by atoms with van der Waals surface area (Å²) in [6.07, 6.45) is 4.93. The van der Waals surface area contributed by atoms with Gasteiger partial charge in [-0.3, -0.25) is 0 Å². The molecule has 7 nitrogen and oxygen atoms in total. The van der Waals surface area contributed by atoms with Crippen molar-refractivity contribution in [3.8, 4) is 12.3 Å². The van der Waals surface area contributed by atoms with Crippen LogP contribution in [0.3, 0.4) is 0 Å². The van der Waals surface area contributed by atoms with E-state index in [4.69, 9.17) is 6.42 Å². The van der Waals surface area contributed by atoms with Crippen LogP contribution in [0, 0.1) is 12.3 Å². The Labute approximate surface area is 116 Å².